The monoisotopic (exact) mass is 388 g/mol. The minimum absolute atomic E-state index is 0.214. The molecule has 0 radical (unpaired) electrons. The van der Waals surface area contributed by atoms with Crippen LogP contribution in [0.4, 0.5) is 5.82 Å². The Kier molecular flexibility index (Phi) is 5.07. The van der Waals surface area contributed by atoms with E-state index in [-0.39, 0.29) is 18.3 Å². The molecule has 0 atom stereocenters. The normalized spacial score (nSPS) is 10.7. The van der Waals surface area contributed by atoms with Gasteiger partial charge in [-0.2, -0.15) is 10.2 Å². The van der Waals surface area contributed by atoms with Crippen molar-refractivity contribution >= 4 is 11.7 Å². The number of aromatic nitrogens is 5. The van der Waals surface area contributed by atoms with Gasteiger partial charge in [-0.05, 0) is 49.2 Å². The van der Waals surface area contributed by atoms with Gasteiger partial charge in [0.25, 0.3) is 5.91 Å². The minimum atomic E-state index is -0.344. The Morgan fingerprint density at radius 1 is 1.14 bits per heavy atom. The van der Waals surface area contributed by atoms with Crippen molar-refractivity contribution in [3.05, 3.63) is 77.9 Å². The molecule has 0 spiro atoms. The number of amides is 1. The van der Waals surface area contributed by atoms with E-state index < -0.39 is 0 Å². The lowest BCUT2D eigenvalue weighted by Gasteiger charge is -2.09. The molecule has 146 valence electrons. The number of nitrogens with zero attached hydrogens (tertiary/aromatic N) is 4. The van der Waals surface area contributed by atoms with E-state index in [0.717, 1.165) is 28.1 Å². The number of carbonyl (C=O) groups excluding carboxylic acids is 1. The molecule has 0 unspecified atom stereocenters. The summed E-state index contributed by atoms with van der Waals surface area (Å²) in [5, 5.41) is 14.0. The van der Waals surface area contributed by atoms with E-state index >= 15 is 0 Å². The molecular formula is C21H20N6O2. The molecule has 3 heterocycles. The molecule has 2 N–H and O–H groups in total. The summed E-state index contributed by atoms with van der Waals surface area (Å²) in [4.78, 5) is 16.4. The molecular weight excluding hydrogens is 368 g/mol. The number of pyridine rings is 1. The maximum atomic E-state index is 12.5. The molecule has 29 heavy (non-hydrogen) atoms. The Balaban J connectivity index is 1.38. The van der Waals surface area contributed by atoms with Gasteiger partial charge in [-0.15, -0.1) is 0 Å². The third-order valence-corrected chi connectivity index (χ3v) is 4.38. The lowest BCUT2D eigenvalue weighted by Crippen LogP contribution is -2.14. The number of carbonyl (C=O) groups is 1. The van der Waals surface area contributed by atoms with Crippen LogP contribution in [0.2, 0.25) is 0 Å². The number of aromatic amines is 1. The fourth-order valence-corrected chi connectivity index (χ4v) is 2.80. The van der Waals surface area contributed by atoms with Crippen LogP contribution in [0.1, 0.15) is 21.6 Å². The molecule has 0 aliphatic carbocycles. The summed E-state index contributed by atoms with van der Waals surface area (Å²) in [7, 11) is 0. The zero-order valence-electron chi connectivity index (χ0n) is 16.1. The summed E-state index contributed by atoms with van der Waals surface area (Å²) in [6, 6.07) is 13.1. The zero-order valence-corrected chi connectivity index (χ0v) is 16.1. The van der Waals surface area contributed by atoms with E-state index in [0.29, 0.717) is 5.82 Å². The second-order valence-electron chi connectivity index (χ2n) is 6.64. The van der Waals surface area contributed by atoms with Gasteiger partial charge in [0.15, 0.2) is 18.2 Å². The minimum Gasteiger partial charge on any atom is -0.471 e. The van der Waals surface area contributed by atoms with E-state index in [1.807, 2.05) is 44.2 Å². The Bertz CT molecular complexity index is 1130. The van der Waals surface area contributed by atoms with Crippen LogP contribution in [-0.2, 0) is 6.73 Å². The van der Waals surface area contributed by atoms with Crippen LogP contribution in [-0.4, -0.2) is 30.9 Å². The first kappa shape index (κ1) is 18.4. The molecule has 8 nitrogen and oxygen atoms in total. The molecule has 0 aliphatic heterocycles. The summed E-state index contributed by atoms with van der Waals surface area (Å²) >= 11 is 0. The second-order valence-corrected chi connectivity index (χ2v) is 6.64. The molecule has 0 saturated heterocycles. The number of benzene rings is 1. The van der Waals surface area contributed by atoms with Gasteiger partial charge in [-0.25, -0.2) is 4.68 Å². The largest absolute Gasteiger partial charge is 0.471 e. The van der Waals surface area contributed by atoms with E-state index in [1.54, 1.807) is 35.4 Å². The highest BCUT2D eigenvalue weighted by atomic mass is 16.5. The second kappa shape index (κ2) is 7.97. The van der Waals surface area contributed by atoms with Crippen molar-refractivity contribution in [2.75, 3.05) is 5.32 Å². The number of anilines is 1. The van der Waals surface area contributed by atoms with Crippen molar-refractivity contribution in [2.45, 2.75) is 20.6 Å². The van der Waals surface area contributed by atoms with Gasteiger partial charge in [-0.3, -0.25) is 14.9 Å². The molecule has 0 fully saturated rings. The fraction of sp³-hybridized carbons (Fsp3) is 0.143. The molecule has 3 aromatic heterocycles. The van der Waals surface area contributed by atoms with Gasteiger partial charge >= 0.3 is 0 Å². The van der Waals surface area contributed by atoms with Crippen LogP contribution >= 0.6 is 0 Å². The Hall–Kier alpha value is -3.94. The van der Waals surface area contributed by atoms with Crippen molar-refractivity contribution < 1.29 is 9.53 Å². The van der Waals surface area contributed by atoms with Crippen LogP contribution in [0.25, 0.3) is 11.3 Å². The molecule has 0 saturated carbocycles. The number of ether oxygens (including phenoxy) is 1. The van der Waals surface area contributed by atoms with Crippen molar-refractivity contribution in [3.8, 4) is 17.0 Å². The third kappa shape index (κ3) is 4.32. The summed E-state index contributed by atoms with van der Waals surface area (Å²) in [5.74, 6) is 0.873. The number of nitrogens with one attached hydrogen (secondary N) is 2. The van der Waals surface area contributed by atoms with Crippen molar-refractivity contribution in [3.63, 3.8) is 0 Å². The first-order valence-electron chi connectivity index (χ1n) is 9.09. The summed E-state index contributed by atoms with van der Waals surface area (Å²) in [6.07, 6.45) is 5.09. The van der Waals surface area contributed by atoms with Crippen molar-refractivity contribution in [1.29, 1.82) is 0 Å². The quantitative estimate of drug-likeness (QED) is 0.526. The lowest BCUT2D eigenvalue weighted by molar-refractivity contribution is 0.102. The molecule has 4 aromatic rings. The predicted molar refractivity (Wildman–Crippen MR) is 109 cm³/mol. The highest BCUT2D eigenvalue weighted by molar-refractivity contribution is 6.02. The maximum Gasteiger partial charge on any atom is 0.277 e. The van der Waals surface area contributed by atoms with E-state index in [4.69, 9.17) is 4.74 Å². The van der Waals surface area contributed by atoms with Gasteiger partial charge in [0.05, 0.1) is 5.69 Å². The van der Waals surface area contributed by atoms with E-state index in [9.17, 15) is 4.79 Å². The molecule has 0 aliphatic rings. The zero-order chi connectivity index (χ0) is 20.2. The van der Waals surface area contributed by atoms with Gasteiger partial charge in [-0.1, -0.05) is 12.1 Å². The maximum absolute atomic E-state index is 12.5. The Morgan fingerprint density at radius 2 is 1.97 bits per heavy atom. The first-order valence-corrected chi connectivity index (χ1v) is 9.09. The summed E-state index contributed by atoms with van der Waals surface area (Å²) < 4.78 is 7.39. The van der Waals surface area contributed by atoms with Gasteiger partial charge in [0.1, 0.15) is 5.75 Å². The van der Waals surface area contributed by atoms with Gasteiger partial charge in [0, 0.05) is 30.2 Å². The summed E-state index contributed by atoms with van der Waals surface area (Å²) in [5.41, 5.74) is 4.17. The topological polar surface area (TPSA) is 97.7 Å². The molecule has 1 aromatic carbocycles. The lowest BCUT2D eigenvalue weighted by atomic mass is 10.1. The van der Waals surface area contributed by atoms with Gasteiger partial charge < -0.3 is 10.1 Å². The van der Waals surface area contributed by atoms with Crippen LogP contribution < -0.4 is 10.1 Å². The number of rotatable bonds is 6. The first-order chi connectivity index (χ1) is 14.1. The van der Waals surface area contributed by atoms with Crippen molar-refractivity contribution in [2.24, 2.45) is 0 Å². The van der Waals surface area contributed by atoms with Crippen LogP contribution in [0.15, 0.2) is 61.1 Å². The van der Waals surface area contributed by atoms with E-state index in [2.05, 4.69) is 25.6 Å². The molecule has 0 bridgehead atoms. The third-order valence-electron chi connectivity index (χ3n) is 4.38. The van der Waals surface area contributed by atoms with Crippen LogP contribution in [0.5, 0.6) is 5.75 Å². The Morgan fingerprint density at radius 3 is 2.79 bits per heavy atom. The number of hydrogen-bond acceptors (Lipinski definition) is 5. The summed E-state index contributed by atoms with van der Waals surface area (Å²) in [6.45, 7) is 4.21. The number of hydrogen-bond donors (Lipinski definition) is 2. The van der Waals surface area contributed by atoms with Crippen LogP contribution in [0, 0.1) is 13.8 Å². The van der Waals surface area contributed by atoms with E-state index in [1.165, 1.54) is 0 Å². The van der Waals surface area contributed by atoms with Crippen LogP contribution in [0.3, 0.4) is 0 Å². The standard InChI is InChI=1S/C21H20N6O2/c1-14-3-4-15(2)19(11-14)29-13-27-10-7-17(26-27)21(28)23-20-12-18(24-25-20)16-5-8-22-9-6-16/h3-12H,13H2,1-2H3,(H2,23,24,25,28). The predicted octanol–water partition coefficient (Wildman–Crippen LogP) is 3.57. The number of aryl methyl sites for hydroxylation is 2. The fourth-order valence-electron chi connectivity index (χ4n) is 2.80. The van der Waals surface area contributed by atoms with Gasteiger partial charge in [0.2, 0.25) is 0 Å². The molecule has 1 amide bonds. The highest BCUT2D eigenvalue weighted by Gasteiger charge is 2.13. The van der Waals surface area contributed by atoms with Crippen molar-refractivity contribution in [1.82, 2.24) is 25.0 Å². The SMILES string of the molecule is Cc1ccc(C)c(OCn2ccc(C(=O)Nc3cc(-c4ccncc4)[nH]n3)n2)c1. The Labute approximate surface area is 167 Å². The average Bonchev–Trinajstić information content (AvgIpc) is 3.39. The molecule has 8 heteroatoms. The number of H-pyrrole nitrogens is 1. The molecule has 4 rings (SSSR count). The highest BCUT2D eigenvalue weighted by Crippen LogP contribution is 2.20. The smallest absolute Gasteiger partial charge is 0.277 e. The average molecular weight is 388 g/mol.